The van der Waals surface area contributed by atoms with Gasteiger partial charge >= 0.3 is 0 Å². The summed E-state index contributed by atoms with van der Waals surface area (Å²) in [4.78, 5) is 0. The van der Waals surface area contributed by atoms with Crippen LogP contribution in [0.15, 0.2) is 24.7 Å². The van der Waals surface area contributed by atoms with Gasteiger partial charge in [0.05, 0.1) is 0 Å². The van der Waals surface area contributed by atoms with Crippen molar-refractivity contribution in [1.29, 1.82) is 0 Å². The van der Waals surface area contributed by atoms with E-state index >= 15 is 0 Å². The predicted molar refractivity (Wildman–Crippen MR) is 44.6 cm³/mol. The molecule has 0 spiro atoms. The fraction of sp³-hybridized carbons (Fsp3) is 0. The summed E-state index contributed by atoms with van der Waals surface area (Å²) in [5.41, 5.74) is 7.04. The Morgan fingerprint density at radius 2 is 2.18 bits per heavy atom. The minimum atomic E-state index is 0. The van der Waals surface area contributed by atoms with E-state index in [1.54, 1.807) is 23.0 Å². The van der Waals surface area contributed by atoms with Gasteiger partial charge in [-0.3, -0.25) is 4.40 Å². The Labute approximate surface area is 69.5 Å². The third-order valence-corrected chi connectivity index (χ3v) is 1.31. The Balaban J connectivity index is 0.000000605. The number of nitrogens with two attached hydrogens (primary N) is 1. The normalized spacial score (nSPS) is 9.45. The Morgan fingerprint density at radius 3 is 3.00 bits per heavy atom. The predicted octanol–water partition coefficient (Wildman–Crippen LogP) is 0.733. The molecule has 0 fully saturated rings. The van der Waals surface area contributed by atoms with E-state index in [2.05, 4.69) is 10.2 Å². The zero-order valence-electron chi connectivity index (χ0n) is 5.64. The lowest BCUT2D eigenvalue weighted by atomic mass is 10.4. The lowest BCUT2D eigenvalue weighted by molar-refractivity contribution is 1.10. The van der Waals surface area contributed by atoms with Crippen molar-refractivity contribution < 1.29 is 0 Å². The van der Waals surface area contributed by atoms with Gasteiger partial charge in [0.2, 0.25) is 0 Å². The molecule has 58 valence electrons. The molecule has 2 rings (SSSR count). The van der Waals surface area contributed by atoms with Crippen molar-refractivity contribution in [2.75, 3.05) is 5.73 Å². The summed E-state index contributed by atoms with van der Waals surface area (Å²) in [5, 5.41) is 7.52. The Bertz CT molecular complexity index is 356. The van der Waals surface area contributed by atoms with Crippen molar-refractivity contribution in [3.05, 3.63) is 24.7 Å². The first-order valence-electron chi connectivity index (χ1n) is 2.91. The highest BCUT2D eigenvalue weighted by atomic mass is 35.5. The summed E-state index contributed by atoms with van der Waals surface area (Å²) in [6.45, 7) is 0. The van der Waals surface area contributed by atoms with Gasteiger partial charge in [-0.1, -0.05) is 0 Å². The van der Waals surface area contributed by atoms with Crippen LogP contribution in [0.1, 0.15) is 0 Å². The highest BCUT2D eigenvalue weighted by Crippen LogP contribution is 2.03. The fourth-order valence-corrected chi connectivity index (χ4v) is 0.845. The van der Waals surface area contributed by atoms with Gasteiger partial charge in [-0.15, -0.1) is 22.6 Å². The first-order chi connectivity index (χ1) is 4.86. The van der Waals surface area contributed by atoms with E-state index in [4.69, 9.17) is 5.73 Å². The van der Waals surface area contributed by atoms with Crippen LogP contribution in [0.4, 0.5) is 5.69 Å². The summed E-state index contributed by atoms with van der Waals surface area (Å²) in [5.74, 6) is 0. The van der Waals surface area contributed by atoms with Gasteiger partial charge in [0.1, 0.15) is 6.33 Å². The maximum absolute atomic E-state index is 5.51. The van der Waals surface area contributed by atoms with Crippen molar-refractivity contribution in [2.45, 2.75) is 0 Å². The summed E-state index contributed by atoms with van der Waals surface area (Å²) in [7, 11) is 0. The molecule has 4 nitrogen and oxygen atoms in total. The van der Waals surface area contributed by atoms with Crippen molar-refractivity contribution in [3.8, 4) is 0 Å². The third-order valence-electron chi connectivity index (χ3n) is 1.31. The summed E-state index contributed by atoms with van der Waals surface area (Å²) < 4.78 is 1.77. The smallest absolute Gasteiger partial charge is 0.160 e. The van der Waals surface area contributed by atoms with E-state index in [-0.39, 0.29) is 12.4 Å². The molecular formula is C6H7ClN4. The number of halogens is 1. The molecule has 0 saturated heterocycles. The van der Waals surface area contributed by atoms with Gasteiger partial charge < -0.3 is 5.73 Å². The molecule has 2 aromatic heterocycles. The van der Waals surface area contributed by atoms with Crippen LogP contribution in [0.2, 0.25) is 0 Å². The van der Waals surface area contributed by atoms with E-state index in [0.717, 1.165) is 5.65 Å². The largest absolute Gasteiger partial charge is 0.398 e. The number of nitrogens with zero attached hydrogens (tertiary/aromatic N) is 3. The van der Waals surface area contributed by atoms with Crippen molar-refractivity contribution >= 4 is 23.7 Å². The summed E-state index contributed by atoms with van der Waals surface area (Å²) >= 11 is 0. The number of hydrogen-bond donors (Lipinski definition) is 1. The topological polar surface area (TPSA) is 56.2 Å². The summed E-state index contributed by atoms with van der Waals surface area (Å²) in [6.07, 6.45) is 3.39. The number of fused-ring (bicyclic) bond motifs is 1. The van der Waals surface area contributed by atoms with Gasteiger partial charge in [-0.2, -0.15) is 0 Å². The van der Waals surface area contributed by atoms with Crippen LogP contribution in [-0.2, 0) is 0 Å². The van der Waals surface area contributed by atoms with Crippen LogP contribution in [0.5, 0.6) is 0 Å². The molecule has 2 heterocycles. The molecule has 2 aromatic rings. The van der Waals surface area contributed by atoms with Crippen molar-refractivity contribution in [2.24, 2.45) is 0 Å². The van der Waals surface area contributed by atoms with Gasteiger partial charge in [0, 0.05) is 11.9 Å². The van der Waals surface area contributed by atoms with Gasteiger partial charge in [0.25, 0.3) is 0 Å². The first-order valence-corrected chi connectivity index (χ1v) is 2.91. The van der Waals surface area contributed by atoms with E-state index in [1.807, 2.05) is 6.07 Å². The van der Waals surface area contributed by atoms with E-state index in [9.17, 15) is 0 Å². The molecule has 0 saturated carbocycles. The molecule has 0 radical (unpaired) electrons. The average molecular weight is 171 g/mol. The molecule has 0 bridgehead atoms. The molecule has 2 N–H and O–H groups in total. The molecule has 0 aromatic carbocycles. The maximum atomic E-state index is 5.51. The molecule has 0 atom stereocenters. The number of rotatable bonds is 0. The second kappa shape index (κ2) is 2.75. The lowest BCUT2D eigenvalue weighted by Gasteiger charge is -1.91. The standard InChI is InChI=1S/C6H6N4.ClH/c7-5-1-2-6-9-8-4-10(6)3-5;/h1-4H,7H2;1H. The molecule has 11 heavy (non-hydrogen) atoms. The Hall–Kier alpha value is -1.29. The molecule has 0 unspecified atom stereocenters. The zero-order chi connectivity index (χ0) is 6.97. The van der Waals surface area contributed by atoms with E-state index in [0.29, 0.717) is 5.69 Å². The SMILES string of the molecule is Cl.Nc1ccc2nncn2c1. The number of pyridine rings is 1. The quantitative estimate of drug-likeness (QED) is 0.634. The second-order valence-electron chi connectivity index (χ2n) is 2.06. The van der Waals surface area contributed by atoms with Crippen LogP contribution in [0, 0.1) is 0 Å². The number of nitrogen functional groups attached to an aromatic ring is 1. The molecular weight excluding hydrogens is 164 g/mol. The van der Waals surface area contributed by atoms with Gasteiger partial charge in [-0.05, 0) is 12.1 Å². The number of aromatic nitrogens is 3. The first kappa shape index (κ1) is 7.81. The second-order valence-corrected chi connectivity index (χ2v) is 2.06. The number of hydrogen-bond acceptors (Lipinski definition) is 3. The lowest BCUT2D eigenvalue weighted by Crippen LogP contribution is -1.88. The molecule has 0 aliphatic heterocycles. The third kappa shape index (κ3) is 1.25. The van der Waals surface area contributed by atoms with Crippen molar-refractivity contribution in [1.82, 2.24) is 14.6 Å². The van der Waals surface area contributed by atoms with E-state index < -0.39 is 0 Å². The minimum Gasteiger partial charge on any atom is -0.398 e. The molecule has 0 amide bonds. The highest BCUT2D eigenvalue weighted by Gasteiger charge is 1.91. The Kier molecular flexibility index (Phi) is 1.96. The van der Waals surface area contributed by atoms with Gasteiger partial charge in [-0.25, -0.2) is 0 Å². The minimum absolute atomic E-state index is 0. The van der Waals surface area contributed by atoms with Crippen LogP contribution in [0.3, 0.4) is 0 Å². The highest BCUT2D eigenvalue weighted by molar-refractivity contribution is 5.85. The fourth-order valence-electron chi connectivity index (χ4n) is 0.845. The average Bonchev–Trinajstić information content (AvgIpc) is 2.33. The van der Waals surface area contributed by atoms with E-state index in [1.165, 1.54) is 0 Å². The van der Waals surface area contributed by atoms with Crippen molar-refractivity contribution in [3.63, 3.8) is 0 Å². The summed E-state index contributed by atoms with van der Waals surface area (Å²) in [6, 6.07) is 3.62. The monoisotopic (exact) mass is 170 g/mol. The molecule has 0 aliphatic carbocycles. The number of anilines is 1. The van der Waals surface area contributed by atoms with Crippen LogP contribution in [-0.4, -0.2) is 14.6 Å². The Morgan fingerprint density at radius 1 is 1.36 bits per heavy atom. The zero-order valence-corrected chi connectivity index (χ0v) is 6.45. The maximum Gasteiger partial charge on any atom is 0.160 e. The van der Waals surface area contributed by atoms with Crippen LogP contribution >= 0.6 is 12.4 Å². The van der Waals surface area contributed by atoms with Crippen LogP contribution < -0.4 is 5.73 Å². The molecule has 0 aliphatic rings. The van der Waals surface area contributed by atoms with Crippen LogP contribution in [0.25, 0.3) is 5.65 Å². The van der Waals surface area contributed by atoms with Gasteiger partial charge in [0.15, 0.2) is 5.65 Å². The molecule has 5 heteroatoms.